The number of oxime groups is 1. The Morgan fingerprint density at radius 1 is 1.21 bits per heavy atom. The van der Waals surface area contributed by atoms with Crippen molar-refractivity contribution in [1.29, 1.82) is 0 Å². The van der Waals surface area contributed by atoms with Crippen LogP contribution in [0.5, 0.6) is 5.75 Å². The van der Waals surface area contributed by atoms with E-state index in [1.54, 1.807) is 7.11 Å². The highest BCUT2D eigenvalue weighted by atomic mass is 16.6. The van der Waals surface area contributed by atoms with E-state index in [0.29, 0.717) is 32.0 Å². The number of rotatable bonds is 5. The van der Waals surface area contributed by atoms with Crippen molar-refractivity contribution in [3.63, 3.8) is 0 Å². The molecule has 0 radical (unpaired) electrons. The van der Waals surface area contributed by atoms with Crippen LogP contribution in [0.1, 0.15) is 50.5 Å². The Bertz CT molecular complexity index is 721. The predicted octanol–water partition coefficient (Wildman–Crippen LogP) is 3.39. The van der Waals surface area contributed by atoms with E-state index in [4.69, 9.17) is 14.3 Å². The largest absolute Gasteiger partial charge is 0.496 e. The molecule has 1 unspecified atom stereocenters. The van der Waals surface area contributed by atoms with Crippen molar-refractivity contribution >= 4 is 11.6 Å². The van der Waals surface area contributed by atoms with E-state index in [1.165, 1.54) is 6.42 Å². The van der Waals surface area contributed by atoms with Crippen molar-refractivity contribution in [2.45, 2.75) is 51.0 Å². The first-order valence-corrected chi connectivity index (χ1v) is 10.4. The number of carbonyl (C=O) groups is 1. The zero-order valence-corrected chi connectivity index (χ0v) is 16.7. The molecule has 1 atom stereocenters. The summed E-state index contributed by atoms with van der Waals surface area (Å²) in [5, 5.41) is 4.34. The summed E-state index contributed by atoms with van der Waals surface area (Å²) in [4.78, 5) is 21.4. The van der Waals surface area contributed by atoms with Crippen LogP contribution in [-0.4, -0.2) is 56.0 Å². The van der Waals surface area contributed by atoms with Gasteiger partial charge in [-0.05, 0) is 44.2 Å². The first-order chi connectivity index (χ1) is 13.7. The normalized spacial score (nSPS) is 24.4. The second-order valence-corrected chi connectivity index (χ2v) is 8.12. The summed E-state index contributed by atoms with van der Waals surface area (Å²) in [6, 6.07) is 7.87. The second-order valence-electron chi connectivity index (χ2n) is 8.12. The number of ether oxygens (including phenoxy) is 2. The van der Waals surface area contributed by atoms with Crippen molar-refractivity contribution in [1.82, 2.24) is 4.90 Å². The van der Waals surface area contributed by atoms with Crippen molar-refractivity contribution < 1.29 is 19.1 Å². The molecule has 3 aliphatic rings. The quantitative estimate of drug-likeness (QED) is 0.778. The summed E-state index contributed by atoms with van der Waals surface area (Å²) in [5.41, 5.74) is 1.48. The fourth-order valence-corrected chi connectivity index (χ4v) is 4.72. The number of benzene rings is 1. The SMILES string of the molecule is COc1ccccc1C1=NOC(CC2(C(=O)N3CCCCC3)CCOCC2)C1. The monoisotopic (exact) mass is 386 g/mol. The van der Waals surface area contributed by atoms with Gasteiger partial charge in [0.05, 0.1) is 18.2 Å². The fraction of sp³-hybridized carbons (Fsp3) is 0.636. The minimum absolute atomic E-state index is 0.0771. The van der Waals surface area contributed by atoms with Gasteiger partial charge in [-0.15, -0.1) is 0 Å². The molecule has 2 fully saturated rings. The molecule has 0 saturated carbocycles. The van der Waals surface area contributed by atoms with E-state index in [1.807, 2.05) is 24.3 Å². The first-order valence-electron chi connectivity index (χ1n) is 10.4. The van der Waals surface area contributed by atoms with Crippen LogP contribution in [-0.2, 0) is 14.4 Å². The highest BCUT2D eigenvalue weighted by molar-refractivity contribution is 6.03. The molecule has 0 aromatic heterocycles. The van der Waals surface area contributed by atoms with E-state index in [-0.39, 0.29) is 11.5 Å². The number of carbonyl (C=O) groups excluding carboxylic acids is 1. The molecule has 0 N–H and O–H groups in total. The summed E-state index contributed by atoms with van der Waals surface area (Å²) in [5.74, 6) is 1.10. The van der Waals surface area contributed by atoms with Crippen LogP contribution in [0, 0.1) is 5.41 Å². The Labute approximate surface area is 166 Å². The molecule has 0 spiro atoms. The Kier molecular flexibility index (Phi) is 5.85. The fourth-order valence-electron chi connectivity index (χ4n) is 4.72. The standard InChI is InChI=1S/C22H30N2O4/c1-26-20-8-4-3-7-18(20)19-15-17(28-23-19)16-22(9-13-27-14-10-22)21(25)24-11-5-2-6-12-24/h3-4,7-8,17H,2,5-6,9-16H2,1H3. The van der Waals surface area contributed by atoms with E-state index < -0.39 is 0 Å². The van der Waals surface area contributed by atoms with Gasteiger partial charge in [-0.1, -0.05) is 17.3 Å². The van der Waals surface area contributed by atoms with Gasteiger partial charge in [0, 0.05) is 44.7 Å². The van der Waals surface area contributed by atoms with Gasteiger partial charge in [-0.25, -0.2) is 0 Å². The van der Waals surface area contributed by atoms with Gasteiger partial charge in [-0.3, -0.25) is 4.79 Å². The molecule has 0 aliphatic carbocycles. The lowest BCUT2D eigenvalue weighted by Crippen LogP contribution is -2.50. The molecule has 2 saturated heterocycles. The highest BCUT2D eigenvalue weighted by Crippen LogP contribution is 2.41. The Hall–Kier alpha value is -2.08. The van der Waals surface area contributed by atoms with Crippen LogP contribution in [0.4, 0.5) is 0 Å². The summed E-state index contributed by atoms with van der Waals surface area (Å²) in [6.45, 7) is 3.06. The number of piperidine rings is 1. The third-order valence-corrected chi connectivity index (χ3v) is 6.32. The maximum Gasteiger partial charge on any atom is 0.229 e. The number of hydrogen-bond acceptors (Lipinski definition) is 5. The summed E-state index contributed by atoms with van der Waals surface area (Å²) in [6.07, 6.45) is 6.31. The molecule has 6 heteroatoms. The van der Waals surface area contributed by atoms with Crippen LogP contribution in [0.25, 0.3) is 0 Å². The number of likely N-dealkylation sites (tertiary alicyclic amines) is 1. The molecule has 3 heterocycles. The summed E-state index contributed by atoms with van der Waals surface area (Å²) < 4.78 is 11.1. The van der Waals surface area contributed by atoms with Crippen LogP contribution < -0.4 is 4.74 Å². The Balaban J connectivity index is 1.47. The lowest BCUT2D eigenvalue weighted by molar-refractivity contribution is -0.152. The van der Waals surface area contributed by atoms with Gasteiger partial charge < -0.3 is 19.2 Å². The average Bonchev–Trinajstić information content (AvgIpc) is 3.22. The maximum absolute atomic E-state index is 13.5. The van der Waals surface area contributed by atoms with E-state index in [2.05, 4.69) is 10.1 Å². The van der Waals surface area contributed by atoms with Crippen LogP contribution in [0.2, 0.25) is 0 Å². The molecule has 6 nitrogen and oxygen atoms in total. The molecule has 4 rings (SSSR count). The highest BCUT2D eigenvalue weighted by Gasteiger charge is 2.45. The van der Waals surface area contributed by atoms with E-state index in [0.717, 1.165) is 55.8 Å². The number of hydrogen-bond donors (Lipinski definition) is 0. The molecule has 152 valence electrons. The molecule has 3 aliphatic heterocycles. The minimum Gasteiger partial charge on any atom is -0.496 e. The number of para-hydroxylation sites is 1. The van der Waals surface area contributed by atoms with Crippen molar-refractivity contribution in [2.24, 2.45) is 10.6 Å². The van der Waals surface area contributed by atoms with Gasteiger partial charge in [-0.2, -0.15) is 0 Å². The molecule has 1 amide bonds. The van der Waals surface area contributed by atoms with E-state index in [9.17, 15) is 4.79 Å². The summed E-state index contributed by atoms with van der Waals surface area (Å²) in [7, 11) is 1.67. The lowest BCUT2D eigenvalue weighted by atomic mass is 9.73. The number of methoxy groups -OCH3 is 1. The van der Waals surface area contributed by atoms with Crippen molar-refractivity contribution in [2.75, 3.05) is 33.4 Å². The van der Waals surface area contributed by atoms with Gasteiger partial charge >= 0.3 is 0 Å². The third-order valence-electron chi connectivity index (χ3n) is 6.32. The first kappa shape index (κ1) is 19.2. The van der Waals surface area contributed by atoms with Gasteiger partial charge in [0.15, 0.2) is 0 Å². The Morgan fingerprint density at radius 2 is 1.96 bits per heavy atom. The summed E-state index contributed by atoms with van der Waals surface area (Å²) >= 11 is 0. The number of amides is 1. The average molecular weight is 386 g/mol. The maximum atomic E-state index is 13.5. The van der Waals surface area contributed by atoms with Crippen LogP contribution in [0.15, 0.2) is 29.4 Å². The zero-order chi connectivity index (χ0) is 19.4. The third kappa shape index (κ3) is 3.88. The van der Waals surface area contributed by atoms with Crippen molar-refractivity contribution in [3.8, 4) is 5.75 Å². The van der Waals surface area contributed by atoms with Crippen LogP contribution >= 0.6 is 0 Å². The lowest BCUT2D eigenvalue weighted by Gasteiger charge is -2.41. The van der Waals surface area contributed by atoms with Gasteiger partial charge in [0.2, 0.25) is 5.91 Å². The topological polar surface area (TPSA) is 60.4 Å². The van der Waals surface area contributed by atoms with Crippen LogP contribution in [0.3, 0.4) is 0 Å². The smallest absolute Gasteiger partial charge is 0.229 e. The van der Waals surface area contributed by atoms with Crippen molar-refractivity contribution in [3.05, 3.63) is 29.8 Å². The molecule has 1 aromatic rings. The molecule has 1 aromatic carbocycles. The zero-order valence-electron chi connectivity index (χ0n) is 16.7. The number of nitrogens with zero attached hydrogens (tertiary/aromatic N) is 2. The van der Waals surface area contributed by atoms with Gasteiger partial charge in [0.1, 0.15) is 11.9 Å². The Morgan fingerprint density at radius 3 is 2.71 bits per heavy atom. The second kappa shape index (κ2) is 8.52. The minimum atomic E-state index is -0.383. The molecule has 28 heavy (non-hydrogen) atoms. The predicted molar refractivity (Wildman–Crippen MR) is 107 cm³/mol. The van der Waals surface area contributed by atoms with E-state index >= 15 is 0 Å². The van der Waals surface area contributed by atoms with Gasteiger partial charge in [0.25, 0.3) is 0 Å². The molecular formula is C22H30N2O4. The molecular weight excluding hydrogens is 356 g/mol. The molecule has 0 bridgehead atoms.